The van der Waals surface area contributed by atoms with E-state index in [-0.39, 0.29) is 29.9 Å². The number of rotatable bonds is 7. The molecule has 0 fully saturated rings. The molecule has 0 unspecified atom stereocenters. The molecule has 0 aliphatic carbocycles. The molecule has 4 rings (SSSR count). The second kappa shape index (κ2) is 11.2. The average molecular weight is 533 g/mol. The van der Waals surface area contributed by atoms with Crippen molar-refractivity contribution < 1.29 is 18.8 Å². The van der Waals surface area contributed by atoms with E-state index in [0.29, 0.717) is 18.9 Å². The lowest BCUT2D eigenvalue weighted by molar-refractivity contribution is -0.111. The maximum absolute atomic E-state index is 14.5. The van der Waals surface area contributed by atoms with Crippen LogP contribution in [0.3, 0.4) is 0 Å². The van der Waals surface area contributed by atoms with Gasteiger partial charge in [-0.1, -0.05) is 36.9 Å². The monoisotopic (exact) mass is 532 g/mol. The van der Waals surface area contributed by atoms with Gasteiger partial charge in [0.05, 0.1) is 30.4 Å². The van der Waals surface area contributed by atoms with E-state index in [1.807, 2.05) is 63.2 Å². The normalized spacial score (nSPS) is 16.5. The van der Waals surface area contributed by atoms with E-state index in [1.54, 1.807) is 4.90 Å². The molecule has 10 heteroatoms. The Hall–Kier alpha value is -4.31. The van der Waals surface area contributed by atoms with E-state index < -0.39 is 23.2 Å². The van der Waals surface area contributed by atoms with Crippen LogP contribution < -0.4 is 16.0 Å². The second-order valence-corrected chi connectivity index (χ2v) is 10.3. The van der Waals surface area contributed by atoms with Gasteiger partial charge in [-0.3, -0.25) is 14.6 Å². The number of benzene rings is 2. The predicted octanol–water partition coefficient (Wildman–Crippen LogP) is 3.50. The van der Waals surface area contributed by atoms with Crippen LogP contribution in [0.15, 0.2) is 77.3 Å². The van der Waals surface area contributed by atoms with E-state index in [1.165, 1.54) is 12.1 Å². The molecule has 39 heavy (non-hydrogen) atoms. The molecule has 0 saturated carbocycles. The minimum Gasteiger partial charge on any atom is -0.330 e. The van der Waals surface area contributed by atoms with Crippen LogP contribution in [0.5, 0.6) is 0 Å². The molecule has 204 valence electrons. The number of carbonyl (C=O) groups is 3. The van der Waals surface area contributed by atoms with Gasteiger partial charge in [-0.05, 0) is 63.4 Å². The van der Waals surface area contributed by atoms with Crippen LogP contribution in [0.2, 0.25) is 0 Å². The number of hydrogen-bond acceptors (Lipinski definition) is 5. The van der Waals surface area contributed by atoms with Gasteiger partial charge in [0, 0.05) is 17.7 Å². The molecular weight excluding hydrogens is 499 g/mol. The largest absolute Gasteiger partial charge is 0.330 e. The Morgan fingerprint density at radius 2 is 1.87 bits per heavy atom. The number of urea groups is 1. The quantitative estimate of drug-likeness (QED) is 0.475. The summed E-state index contributed by atoms with van der Waals surface area (Å²) in [5.74, 6) is -1.48. The van der Waals surface area contributed by atoms with Crippen molar-refractivity contribution in [3.05, 3.63) is 89.3 Å². The topological polar surface area (TPSA) is 106 Å². The Balaban J connectivity index is 1.46. The fourth-order valence-electron chi connectivity index (χ4n) is 4.82. The van der Waals surface area contributed by atoms with Gasteiger partial charge in [-0.25, -0.2) is 9.18 Å². The number of nitrogens with one attached hydrogen (secondary N) is 3. The molecule has 0 aromatic heterocycles. The van der Waals surface area contributed by atoms with Gasteiger partial charge in [-0.15, -0.1) is 0 Å². The highest BCUT2D eigenvalue weighted by Crippen LogP contribution is 2.38. The number of aliphatic imine (C=N–C) groups is 1. The maximum Gasteiger partial charge on any atom is 0.318 e. The molecule has 9 nitrogen and oxygen atoms in total. The number of carbonyl (C=O) groups excluding carboxylic acids is 3. The summed E-state index contributed by atoms with van der Waals surface area (Å²) in [4.78, 5) is 46.2. The minimum atomic E-state index is -0.748. The Bertz CT molecular complexity index is 1370. The van der Waals surface area contributed by atoms with Gasteiger partial charge in [0.2, 0.25) is 5.91 Å². The Morgan fingerprint density at radius 1 is 1.15 bits per heavy atom. The molecule has 0 radical (unpaired) electrons. The number of nitrogens with zero attached hydrogens (tertiary/aromatic N) is 3. The van der Waals surface area contributed by atoms with Crippen LogP contribution in [-0.2, 0) is 4.79 Å². The zero-order valence-electron chi connectivity index (χ0n) is 22.5. The van der Waals surface area contributed by atoms with Crippen molar-refractivity contribution in [1.29, 1.82) is 0 Å². The summed E-state index contributed by atoms with van der Waals surface area (Å²) in [6, 6.07) is 13.2. The molecular formula is C29H33FN6O3. The van der Waals surface area contributed by atoms with Crippen molar-refractivity contribution in [2.45, 2.75) is 25.4 Å². The zero-order chi connectivity index (χ0) is 28.3. The number of anilines is 1. The van der Waals surface area contributed by atoms with Crippen LogP contribution in [0.25, 0.3) is 0 Å². The lowest BCUT2D eigenvalue weighted by atomic mass is 9.94. The van der Waals surface area contributed by atoms with Gasteiger partial charge in [0.1, 0.15) is 11.7 Å². The van der Waals surface area contributed by atoms with Gasteiger partial charge in [-0.2, -0.15) is 0 Å². The molecule has 2 aliphatic rings. The minimum absolute atomic E-state index is 0.0538. The summed E-state index contributed by atoms with van der Waals surface area (Å²) in [6.07, 6.45) is 1.03. The Kier molecular flexibility index (Phi) is 7.96. The number of halogens is 1. The number of amidine groups is 1. The van der Waals surface area contributed by atoms with Crippen LogP contribution in [0.4, 0.5) is 14.9 Å². The molecule has 0 bridgehead atoms. The number of amides is 4. The summed E-state index contributed by atoms with van der Waals surface area (Å²) < 4.78 is 14.5. The Labute approximate surface area is 227 Å². The first-order valence-electron chi connectivity index (χ1n) is 12.6. The van der Waals surface area contributed by atoms with Crippen molar-refractivity contribution in [2.24, 2.45) is 4.99 Å². The summed E-state index contributed by atoms with van der Waals surface area (Å²) in [6.45, 7) is 8.52. The van der Waals surface area contributed by atoms with Crippen LogP contribution >= 0.6 is 0 Å². The molecule has 2 aromatic carbocycles. The van der Waals surface area contributed by atoms with Crippen molar-refractivity contribution in [2.75, 3.05) is 39.0 Å². The van der Waals surface area contributed by atoms with Crippen molar-refractivity contribution >= 4 is 29.4 Å². The predicted molar refractivity (Wildman–Crippen MR) is 149 cm³/mol. The highest BCUT2D eigenvalue weighted by molar-refractivity contribution is 6.15. The maximum atomic E-state index is 14.5. The van der Waals surface area contributed by atoms with Gasteiger partial charge < -0.3 is 25.8 Å². The average Bonchev–Trinajstić information content (AvgIpc) is 3.42. The van der Waals surface area contributed by atoms with Crippen molar-refractivity contribution in [3.8, 4) is 0 Å². The molecule has 1 atom stereocenters. The molecule has 4 amide bonds. The third-order valence-electron chi connectivity index (χ3n) is 6.97. The number of likely N-dealkylation sites (N-methyl/N-ethyl adjacent to an activating group) is 1. The second-order valence-electron chi connectivity index (χ2n) is 10.3. The lowest BCUT2D eigenvalue weighted by Gasteiger charge is -2.36. The first-order valence-corrected chi connectivity index (χ1v) is 12.6. The zero-order valence-corrected chi connectivity index (χ0v) is 22.5. The SMILES string of the molecule is C=CC(=O)Nc1ccc(C(=O)NC2=NCC3=C2CN(C(=O)N[C@H](CN(C)C)c2ccccc2)C3(C)C)cc1F. The first kappa shape index (κ1) is 27.7. The molecule has 3 N–H and O–H groups in total. The van der Waals surface area contributed by atoms with Crippen LogP contribution in [0.1, 0.15) is 35.8 Å². The first-order chi connectivity index (χ1) is 18.5. The van der Waals surface area contributed by atoms with E-state index in [9.17, 15) is 18.8 Å². The lowest BCUT2D eigenvalue weighted by Crippen LogP contribution is -2.52. The van der Waals surface area contributed by atoms with Crippen molar-refractivity contribution in [1.82, 2.24) is 20.4 Å². The summed E-state index contributed by atoms with van der Waals surface area (Å²) in [5.41, 5.74) is 2.14. The molecule has 0 spiro atoms. The summed E-state index contributed by atoms with van der Waals surface area (Å²) in [5, 5.41) is 8.30. The smallest absolute Gasteiger partial charge is 0.318 e. The van der Waals surface area contributed by atoms with Gasteiger partial charge in [0.15, 0.2) is 0 Å². The van der Waals surface area contributed by atoms with Crippen molar-refractivity contribution in [3.63, 3.8) is 0 Å². The van der Waals surface area contributed by atoms with E-state index >= 15 is 0 Å². The summed E-state index contributed by atoms with van der Waals surface area (Å²) >= 11 is 0. The fraction of sp³-hybridized carbons (Fsp3) is 0.310. The Morgan fingerprint density at radius 3 is 2.51 bits per heavy atom. The number of hydrogen-bond donors (Lipinski definition) is 3. The fourth-order valence-corrected chi connectivity index (χ4v) is 4.82. The molecule has 2 aliphatic heterocycles. The summed E-state index contributed by atoms with van der Waals surface area (Å²) in [7, 11) is 3.92. The third kappa shape index (κ3) is 5.91. The van der Waals surface area contributed by atoms with Gasteiger partial charge in [0.25, 0.3) is 5.91 Å². The molecule has 0 saturated heterocycles. The van der Waals surface area contributed by atoms with E-state index in [0.717, 1.165) is 28.9 Å². The third-order valence-corrected chi connectivity index (χ3v) is 6.97. The van der Waals surface area contributed by atoms with Crippen LogP contribution in [-0.4, -0.2) is 72.7 Å². The van der Waals surface area contributed by atoms with E-state index in [2.05, 4.69) is 27.5 Å². The van der Waals surface area contributed by atoms with Crippen LogP contribution in [0, 0.1) is 5.82 Å². The van der Waals surface area contributed by atoms with Gasteiger partial charge >= 0.3 is 6.03 Å². The highest BCUT2D eigenvalue weighted by atomic mass is 19.1. The molecule has 2 heterocycles. The standard InChI is InChI=1S/C29H33FN6O3/c1-6-25(37)32-23-13-12-19(14-22(23)30)27(38)34-26-20-16-36(29(2,3)21(20)15-31-26)28(39)33-24(17-35(4)5)18-10-8-7-9-11-18/h6-14,24H,1,15-17H2,2-5H3,(H,32,37)(H,33,39)(H,31,34,38)/t24-/m1/s1. The highest BCUT2D eigenvalue weighted by Gasteiger charge is 2.46. The molecule has 2 aromatic rings. The van der Waals surface area contributed by atoms with E-state index in [4.69, 9.17) is 0 Å².